The van der Waals surface area contributed by atoms with E-state index in [1.54, 1.807) is 24.4 Å². The summed E-state index contributed by atoms with van der Waals surface area (Å²) < 4.78 is 5.16. The topological polar surface area (TPSA) is 56.3 Å². The molecule has 0 spiro atoms. The van der Waals surface area contributed by atoms with Crippen LogP contribution >= 0.6 is 11.8 Å². The number of aromatic nitrogens is 1. The number of nitrogens with zero attached hydrogens (tertiary/aromatic N) is 1. The minimum Gasteiger partial charge on any atom is -0.454 e. The van der Waals surface area contributed by atoms with E-state index < -0.39 is 5.97 Å². The van der Waals surface area contributed by atoms with Crippen molar-refractivity contribution >= 4 is 34.3 Å². The third-order valence-corrected chi connectivity index (χ3v) is 4.30. The lowest BCUT2D eigenvalue weighted by atomic mass is 10.0. The Labute approximate surface area is 143 Å². The third kappa shape index (κ3) is 3.46. The number of fused-ring (bicyclic) bond motifs is 1. The van der Waals surface area contributed by atoms with E-state index in [0.29, 0.717) is 16.2 Å². The van der Waals surface area contributed by atoms with Gasteiger partial charge in [-0.3, -0.25) is 4.79 Å². The SMILES string of the molecule is CSc1ncccc1C(=O)OCC(=O)c1ccc2ccccc2c1. The van der Waals surface area contributed by atoms with Gasteiger partial charge in [0.1, 0.15) is 5.03 Å². The van der Waals surface area contributed by atoms with Crippen LogP contribution < -0.4 is 0 Å². The Kier molecular flexibility index (Phi) is 4.91. The first-order valence-corrected chi connectivity index (χ1v) is 8.59. The first-order chi connectivity index (χ1) is 11.7. The monoisotopic (exact) mass is 337 g/mol. The maximum Gasteiger partial charge on any atom is 0.341 e. The molecule has 2 aromatic carbocycles. The molecule has 3 rings (SSSR count). The molecule has 0 atom stereocenters. The summed E-state index contributed by atoms with van der Waals surface area (Å²) in [7, 11) is 0. The van der Waals surface area contributed by atoms with Gasteiger partial charge in [-0.2, -0.15) is 0 Å². The highest BCUT2D eigenvalue weighted by Gasteiger charge is 2.15. The van der Waals surface area contributed by atoms with Crippen molar-refractivity contribution in [1.82, 2.24) is 4.98 Å². The van der Waals surface area contributed by atoms with Gasteiger partial charge in [0.25, 0.3) is 0 Å². The van der Waals surface area contributed by atoms with Gasteiger partial charge >= 0.3 is 5.97 Å². The standard InChI is InChI=1S/C19H15NO3S/c1-24-18-16(7-4-10-20-18)19(22)23-12-17(21)15-9-8-13-5-2-3-6-14(13)11-15/h2-11H,12H2,1H3. The van der Waals surface area contributed by atoms with E-state index in [-0.39, 0.29) is 12.4 Å². The summed E-state index contributed by atoms with van der Waals surface area (Å²) in [5.74, 6) is -0.773. The van der Waals surface area contributed by atoms with Gasteiger partial charge < -0.3 is 4.74 Å². The summed E-state index contributed by atoms with van der Waals surface area (Å²) in [6, 6.07) is 16.5. The average molecular weight is 337 g/mol. The Balaban J connectivity index is 1.71. The largest absolute Gasteiger partial charge is 0.454 e. The van der Waals surface area contributed by atoms with Crippen molar-refractivity contribution in [3.63, 3.8) is 0 Å². The molecular formula is C19H15NO3S. The zero-order chi connectivity index (χ0) is 16.9. The molecule has 1 heterocycles. The van der Waals surface area contributed by atoms with Gasteiger partial charge in [-0.25, -0.2) is 9.78 Å². The zero-order valence-electron chi connectivity index (χ0n) is 13.1. The number of benzene rings is 2. The van der Waals surface area contributed by atoms with E-state index in [1.165, 1.54) is 11.8 Å². The van der Waals surface area contributed by atoms with Crippen LogP contribution in [-0.2, 0) is 4.74 Å². The van der Waals surface area contributed by atoms with Crippen LogP contribution in [0.3, 0.4) is 0 Å². The van der Waals surface area contributed by atoms with Gasteiger partial charge in [-0.05, 0) is 35.2 Å². The molecule has 3 aromatic rings. The second-order valence-electron chi connectivity index (χ2n) is 5.12. The van der Waals surface area contributed by atoms with Crippen molar-refractivity contribution < 1.29 is 14.3 Å². The fourth-order valence-electron chi connectivity index (χ4n) is 2.36. The molecule has 0 fully saturated rings. The van der Waals surface area contributed by atoms with Crippen LogP contribution in [0.2, 0.25) is 0 Å². The molecule has 0 saturated carbocycles. The highest BCUT2D eigenvalue weighted by atomic mass is 32.2. The van der Waals surface area contributed by atoms with Crippen LogP contribution in [0.15, 0.2) is 65.8 Å². The third-order valence-electron chi connectivity index (χ3n) is 3.59. The Morgan fingerprint density at radius 1 is 1.04 bits per heavy atom. The molecule has 0 unspecified atom stereocenters. The molecule has 0 aliphatic rings. The van der Waals surface area contributed by atoms with Gasteiger partial charge in [0.15, 0.2) is 12.4 Å². The van der Waals surface area contributed by atoms with Crippen LogP contribution in [0.1, 0.15) is 20.7 Å². The highest BCUT2D eigenvalue weighted by molar-refractivity contribution is 7.98. The fraction of sp³-hybridized carbons (Fsp3) is 0.105. The summed E-state index contributed by atoms with van der Waals surface area (Å²) in [5.41, 5.74) is 0.897. The lowest BCUT2D eigenvalue weighted by Gasteiger charge is -2.07. The van der Waals surface area contributed by atoms with Gasteiger partial charge in [-0.15, -0.1) is 11.8 Å². The molecule has 0 bridgehead atoms. The molecular weight excluding hydrogens is 322 g/mol. The van der Waals surface area contributed by atoms with Gasteiger partial charge in [0.05, 0.1) is 5.56 Å². The van der Waals surface area contributed by atoms with Crippen molar-refractivity contribution in [3.05, 3.63) is 71.9 Å². The Morgan fingerprint density at radius 2 is 1.83 bits per heavy atom. The Hall–Kier alpha value is -2.66. The van der Waals surface area contributed by atoms with Crippen molar-refractivity contribution in [2.75, 3.05) is 12.9 Å². The molecule has 1 aromatic heterocycles. The van der Waals surface area contributed by atoms with Crippen LogP contribution in [-0.4, -0.2) is 29.6 Å². The molecule has 5 heteroatoms. The number of hydrogen-bond donors (Lipinski definition) is 0. The molecule has 24 heavy (non-hydrogen) atoms. The maximum atomic E-state index is 12.3. The molecule has 0 saturated heterocycles. The van der Waals surface area contributed by atoms with Crippen LogP contribution in [0, 0.1) is 0 Å². The van der Waals surface area contributed by atoms with Crippen LogP contribution in [0.25, 0.3) is 10.8 Å². The number of carbonyl (C=O) groups excluding carboxylic acids is 2. The number of ketones is 1. The van der Waals surface area contributed by atoms with Crippen molar-refractivity contribution in [3.8, 4) is 0 Å². The summed E-state index contributed by atoms with van der Waals surface area (Å²) in [6.07, 6.45) is 3.45. The number of pyridine rings is 1. The van der Waals surface area contributed by atoms with Crippen LogP contribution in [0.5, 0.6) is 0 Å². The number of thioether (sulfide) groups is 1. The van der Waals surface area contributed by atoms with Crippen molar-refractivity contribution in [2.45, 2.75) is 5.03 Å². The first-order valence-electron chi connectivity index (χ1n) is 7.37. The quantitative estimate of drug-likeness (QED) is 0.400. The van der Waals surface area contributed by atoms with Crippen LogP contribution in [0.4, 0.5) is 0 Å². The predicted molar refractivity (Wildman–Crippen MR) is 94.6 cm³/mol. The number of ether oxygens (including phenoxy) is 1. The minimum atomic E-state index is -0.540. The van der Waals surface area contributed by atoms with E-state index in [2.05, 4.69) is 4.98 Å². The molecule has 0 radical (unpaired) electrons. The number of esters is 1. The van der Waals surface area contributed by atoms with Crippen molar-refractivity contribution in [1.29, 1.82) is 0 Å². The first kappa shape index (κ1) is 16.2. The lowest BCUT2D eigenvalue weighted by molar-refractivity contribution is 0.0470. The smallest absolute Gasteiger partial charge is 0.341 e. The Bertz CT molecular complexity index is 908. The molecule has 0 aliphatic carbocycles. The fourth-order valence-corrected chi connectivity index (χ4v) is 2.90. The highest BCUT2D eigenvalue weighted by Crippen LogP contribution is 2.19. The zero-order valence-corrected chi connectivity index (χ0v) is 13.9. The predicted octanol–water partition coefficient (Wildman–Crippen LogP) is 4.00. The van der Waals surface area contributed by atoms with E-state index >= 15 is 0 Å². The molecule has 0 amide bonds. The normalized spacial score (nSPS) is 10.5. The summed E-state index contributed by atoms with van der Waals surface area (Å²) in [4.78, 5) is 28.5. The van der Waals surface area contributed by atoms with E-state index in [0.717, 1.165) is 10.8 Å². The molecule has 0 aliphatic heterocycles. The Morgan fingerprint density at radius 3 is 2.62 bits per heavy atom. The number of rotatable bonds is 5. The maximum absolute atomic E-state index is 12.3. The van der Waals surface area contributed by atoms with Gasteiger partial charge in [-0.1, -0.05) is 36.4 Å². The van der Waals surface area contributed by atoms with Crippen molar-refractivity contribution in [2.24, 2.45) is 0 Å². The second kappa shape index (κ2) is 7.27. The minimum absolute atomic E-state index is 0.233. The van der Waals surface area contributed by atoms with E-state index in [1.807, 2.05) is 42.7 Å². The van der Waals surface area contributed by atoms with E-state index in [9.17, 15) is 9.59 Å². The number of hydrogen-bond acceptors (Lipinski definition) is 5. The average Bonchev–Trinajstić information content (AvgIpc) is 2.65. The van der Waals surface area contributed by atoms with E-state index in [4.69, 9.17) is 4.74 Å². The van der Waals surface area contributed by atoms with Gasteiger partial charge in [0.2, 0.25) is 0 Å². The summed E-state index contributed by atoms with van der Waals surface area (Å²) in [6.45, 7) is -0.292. The summed E-state index contributed by atoms with van der Waals surface area (Å²) in [5, 5.41) is 2.62. The molecule has 4 nitrogen and oxygen atoms in total. The number of carbonyl (C=O) groups is 2. The molecule has 120 valence electrons. The molecule has 0 N–H and O–H groups in total. The van der Waals surface area contributed by atoms with Gasteiger partial charge in [0, 0.05) is 11.8 Å². The lowest BCUT2D eigenvalue weighted by Crippen LogP contribution is -2.15. The summed E-state index contributed by atoms with van der Waals surface area (Å²) >= 11 is 1.36. The second-order valence-corrected chi connectivity index (χ2v) is 5.92. The number of Topliss-reactive ketones (excluding diaryl/α,β-unsaturated/α-hetero) is 1.